The molecule has 0 aliphatic heterocycles. The van der Waals surface area contributed by atoms with Gasteiger partial charge in [-0.15, -0.1) is 0 Å². The highest BCUT2D eigenvalue weighted by atomic mass is 16.6. The second kappa shape index (κ2) is 5.79. The number of carbonyl (C=O) groups is 2. The third-order valence-electron chi connectivity index (χ3n) is 3.00. The number of aryl methyl sites for hydroxylation is 1. The van der Waals surface area contributed by atoms with Crippen molar-refractivity contribution in [2.75, 3.05) is 6.54 Å². The van der Waals surface area contributed by atoms with Gasteiger partial charge in [-0.25, -0.2) is 14.3 Å². The molecule has 6 heteroatoms. The van der Waals surface area contributed by atoms with Crippen LogP contribution in [0.2, 0.25) is 0 Å². The summed E-state index contributed by atoms with van der Waals surface area (Å²) < 4.78 is 6.81. The van der Waals surface area contributed by atoms with Crippen LogP contribution in [0, 0.1) is 6.92 Å². The number of benzene rings is 1. The van der Waals surface area contributed by atoms with Gasteiger partial charge in [0, 0.05) is 12.1 Å². The normalized spacial score (nSPS) is 11.5. The van der Waals surface area contributed by atoms with Crippen molar-refractivity contribution in [2.24, 2.45) is 0 Å². The predicted octanol–water partition coefficient (Wildman–Crippen LogP) is 2.88. The molecule has 1 heterocycles. The van der Waals surface area contributed by atoms with Gasteiger partial charge in [-0.05, 0) is 52.8 Å². The molecule has 1 amide bonds. The molecule has 0 fully saturated rings. The molecule has 6 nitrogen and oxygen atoms in total. The molecule has 1 aromatic heterocycles. The second-order valence-corrected chi connectivity index (χ2v) is 6.04. The Bertz CT molecular complexity index is 726. The van der Waals surface area contributed by atoms with Crippen molar-refractivity contribution < 1.29 is 14.3 Å². The van der Waals surface area contributed by atoms with E-state index in [1.807, 2.05) is 27.7 Å². The van der Waals surface area contributed by atoms with Crippen LogP contribution in [0.4, 0.5) is 4.79 Å². The maximum Gasteiger partial charge on any atom is 0.420 e. The number of carbonyl (C=O) groups excluding carboxylic acids is 2. The summed E-state index contributed by atoms with van der Waals surface area (Å²) >= 11 is 0. The number of fused-ring (bicyclic) bond motifs is 1. The van der Waals surface area contributed by atoms with Crippen LogP contribution in [-0.4, -0.2) is 33.7 Å². The summed E-state index contributed by atoms with van der Waals surface area (Å²) in [7, 11) is 0. The average Bonchev–Trinajstić information content (AvgIpc) is 2.71. The standard InChI is InChI=1S/C16H21N3O3/c1-6-17-14(20)11-7-8-13-12(9-11)18-10(2)19(13)15(21)22-16(3,4)5/h7-9H,6H2,1-5H3,(H,17,20). The fraction of sp³-hybridized carbons (Fsp3) is 0.438. The first-order valence-corrected chi connectivity index (χ1v) is 7.23. The summed E-state index contributed by atoms with van der Waals surface area (Å²) in [6.45, 7) is 9.58. The lowest BCUT2D eigenvalue weighted by Gasteiger charge is -2.20. The Kier molecular flexibility index (Phi) is 4.21. The molecule has 2 aromatic rings. The first-order valence-electron chi connectivity index (χ1n) is 7.23. The molecule has 0 saturated carbocycles. The zero-order chi connectivity index (χ0) is 16.5. The lowest BCUT2D eigenvalue weighted by molar-refractivity contribution is 0.0540. The van der Waals surface area contributed by atoms with Crippen molar-refractivity contribution in [3.05, 3.63) is 29.6 Å². The number of rotatable bonds is 2. The lowest BCUT2D eigenvalue weighted by atomic mass is 10.2. The molecule has 0 radical (unpaired) electrons. The van der Waals surface area contributed by atoms with E-state index in [1.54, 1.807) is 25.1 Å². The molecule has 0 saturated heterocycles. The zero-order valence-electron chi connectivity index (χ0n) is 13.6. The van der Waals surface area contributed by atoms with Gasteiger partial charge in [-0.3, -0.25) is 4.79 Å². The Morgan fingerprint density at radius 1 is 1.32 bits per heavy atom. The van der Waals surface area contributed by atoms with Crippen molar-refractivity contribution in [3.8, 4) is 0 Å². The molecule has 0 bridgehead atoms. The molecule has 0 aliphatic rings. The Morgan fingerprint density at radius 2 is 2.00 bits per heavy atom. The summed E-state index contributed by atoms with van der Waals surface area (Å²) in [5, 5.41) is 2.74. The number of ether oxygens (including phenoxy) is 1. The molecule has 0 atom stereocenters. The molecule has 1 N–H and O–H groups in total. The monoisotopic (exact) mass is 303 g/mol. The minimum atomic E-state index is -0.582. The molecule has 2 rings (SSSR count). The van der Waals surface area contributed by atoms with Gasteiger partial charge in [0.1, 0.15) is 11.4 Å². The van der Waals surface area contributed by atoms with Crippen molar-refractivity contribution in [2.45, 2.75) is 40.2 Å². The topological polar surface area (TPSA) is 73.2 Å². The Labute approximate surface area is 129 Å². The molecule has 0 spiro atoms. The SMILES string of the molecule is CCNC(=O)c1ccc2c(c1)nc(C)n2C(=O)OC(C)(C)C. The first kappa shape index (κ1) is 16.0. The van der Waals surface area contributed by atoms with Gasteiger partial charge < -0.3 is 10.1 Å². The Morgan fingerprint density at radius 3 is 2.59 bits per heavy atom. The smallest absolute Gasteiger partial charge is 0.420 e. The summed E-state index contributed by atoms with van der Waals surface area (Å²) in [4.78, 5) is 28.5. The highest BCUT2D eigenvalue weighted by molar-refractivity contribution is 5.98. The lowest BCUT2D eigenvalue weighted by Crippen LogP contribution is -2.27. The molecular weight excluding hydrogens is 282 g/mol. The summed E-state index contributed by atoms with van der Waals surface area (Å²) in [5.41, 5.74) is 1.15. The largest absolute Gasteiger partial charge is 0.443 e. The van der Waals surface area contributed by atoms with Crippen LogP contribution < -0.4 is 5.32 Å². The van der Waals surface area contributed by atoms with Crippen molar-refractivity contribution in [1.82, 2.24) is 14.9 Å². The predicted molar refractivity (Wildman–Crippen MR) is 84.1 cm³/mol. The molecule has 118 valence electrons. The minimum Gasteiger partial charge on any atom is -0.443 e. The number of hydrogen-bond donors (Lipinski definition) is 1. The number of nitrogens with one attached hydrogen (secondary N) is 1. The van der Waals surface area contributed by atoms with Crippen LogP contribution in [0.3, 0.4) is 0 Å². The van der Waals surface area contributed by atoms with Crippen molar-refractivity contribution in [3.63, 3.8) is 0 Å². The summed E-state index contributed by atoms with van der Waals surface area (Å²) in [6.07, 6.45) is -0.474. The maximum atomic E-state index is 12.3. The molecule has 1 aromatic carbocycles. The number of nitrogens with zero attached hydrogens (tertiary/aromatic N) is 2. The van der Waals surface area contributed by atoms with E-state index < -0.39 is 11.7 Å². The van der Waals surface area contributed by atoms with Crippen molar-refractivity contribution >= 4 is 23.0 Å². The van der Waals surface area contributed by atoms with Crippen LogP contribution in [0.25, 0.3) is 11.0 Å². The molecule has 0 aliphatic carbocycles. The average molecular weight is 303 g/mol. The number of hydrogen-bond acceptors (Lipinski definition) is 4. The van der Waals surface area contributed by atoms with Gasteiger partial charge in [0.15, 0.2) is 0 Å². The summed E-state index contributed by atoms with van der Waals surface area (Å²) in [6, 6.07) is 5.06. The third kappa shape index (κ3) is 3.27. The number of amides is 1. The van der Waals surface area contributed by atoms with Gasteiger partial charge in [0.05, 0.1) is 11.0 Å². The Hall–Kier alpha value is -2.37. The van der Waals surface area contributed by atoms with E-state index in [-0.39, 0.29) is 5.91 Å². The van der Waals surface area contributed by atoms with E-state index in [4.69, 9.17) is 4.74 Å². The quantitative estimate of drug-likeness (QED) is 0.926. The van der Waals surface area contributed by atoms with Gasteiger partial charge in [-0.1, -0.05) is 0 Å². The van der Waals surface area contributed by atoms with Crippen molar-refractivity contribution in [1.29, 1.82) is 0 Å². The van der Waals surface area contributed by atoms with Gasteiger partial charge >= 0.3 is 6.09 Å². The fourth-order valence-corrected chi connectivity index (χ4v) is 2.14. The Balaban J connectivity index is 2.43. The highest BCUT2D eigenvalue weighted by Gasteiger charge is 2.22. The van der Waals surface area contributed by atoms with Crippen LogP contribution in [-0.2, 0) is 4.74 Å². The zero-order valence-corrected chi connectivity index (χ0v) is 13.6. The molecule has 22 heavy (non-hydrogen) atoms. The highest BCUT2D eigenvalue weighted by Crippen LogP contribution is 2.20. The van der Waals surface area contributed by atoms with Crippen LogP contribution >= 0.6 is 0 Å². The maximum absolute atomic E-state index is 12.3. The third-order valence-corrected chi connectivity index (χ3v) is 3.00. The van der Waals surface area contributed by atoms with Crippen LogP contribution in [0.15, 0.2) is 18.2 Å². The van der Waals surface area contributed by atoms with Gasteiger partial charge in [-0.2, -0.15) is 0 Å². The second-order valence-electron chi connectivity index (χ2n) is 6.04. The van der Waals surface area contributed by atoms with Crippen LogP contribution in [0.1, 0.15) is 43.9 Å². The van der Waals surface area contributed by atoms with Gasteiger partial charge in [0.2, 0.25) is 0 Å². The van der Waals surface area contributed by atoms with E-state index >= 15 is 0 Å². The van der Waals surface area contributed by atoms with E-state index in [0.717, 1.165) is 0 Å². The summed E-state index contributed by atoms with van der Waals surface area (Å²) in [5.74, 6) is 0.367. The fourth-order valence-electron chi connectivity index (χ4n) is 2.14. The van der Waals surface area contributed by atoms with E-state index in [9.17, 15) is 9.59 Å². The molecular formula is C16H21N3O3. The first-order chi connectivity index (χ1) is 10.2. The van der Waals surface area contributed by atoms with E-state index in [2.05, 4.69) is 10.3 Å². The number of imidazole rings is 1. The van der Waals surface area contributed by atoms with E-state index in [0.29, 0.717) is 29.0 Å². The molecule has 0 unspecified atom stereocenters. The van der Waals surface area contributed by atoms with Crippen LogP contribution in [0.5, 0.6) is 0 Å². The van der Waals surface area contributed by atoms with Gasteiger partial charge in [0.25, 0.3) is 5.91 Å². The minimum absolute atomic E-state index is 0.158. The van der Waals surface area contributed by atoms with E-state index in [1.165, 1.54) is 4.57 Å². The number of aromatic nitrogens is 2.